The average Bonchev–Trinajstić information content (AvgIpc) is 2.52. The molecular formula is C17H15Cl3N2O2. The van der Waals surface area contributed by atoms with Crippen LogP contribution in [0.25, 0.3) is 0 Å². The van der Waals surface area contributed by atoms with Crippen molar-refractivity contribution in [2.45, 2.75) is 6.42 Å². The molecule has 0 saturated heterocycles. The van der Waals surface area contributed by atoms with Gasteiger partial charge in [-0.15, -0.1) is 0 Å². The van der Waals surface area contributed by atoms with Crippen molar-refractivity contribution in [3.05, 3.63) is 63.1 Å². The Balaban J connectivity index is 1.93. The van der Waals surface area contributed by atoms with Crippen LogP contribution in [0.4, 0.5) is 5.69 Å². The Morgan fingerprint density at radius 1 is 1.04 bits per heavy atom. The van der Waals surface area contributed by atoms with Crippen LogP contribution in [0.5, 0.6) is 0 Å². The molecule has 0 saturated carbocycles. The lowest BCUT2D eigenvalue weighted by Crippen LogP contribution is -2.35. The molecule has 4 nitrogen and oxygen atoms in total. The molecule has 2 amide bonds. The van der Waals surface area contributed by atoms with Gasteiger partial charge in [0.15, 0.2) is 0 Å². The summed E-state index contributed by atoms with van der Waals surface area (Å²) in [6, 6.07) is 11.8. The van der Waals surface area contributed by atoms with Crippen molar-refractivity contribution in [1.29, 1.82) is 0 Å². The molecule has 0 unspecified atom stereocenters. The minimum atomic E-state index is -0.332. The molecule has 0 spiro atoms. The maximum Gasteiger partial charge on any atom is 0.244 e. The number of carbonyl (C=O) groups is 2. The quantitative estimate of drug-likeness (QED) is 0.835. The van der Waals surface area contributed by atoms with Gasteiger partial charge in [0.2, 0.25) is 11.8 Å². The van der Waals surface area contributed by atoms with E-state index in [1.807, 2.05) is 0 Å². The SMILES string of the molecule is CN(CC(=O)Nc1ccccc1Cl)C(=O)Cc1ccc(Cl)cc1Cl. The highest BCUT2D eigenvalue weighted by molar-refractivity contribution is 6.35. The van der Waals surface area contributed by atoms with Gasteiger partial charge < -0.3 is 10.2 Å². The predicted octanol–water partition coefficient (Wildman–Crippen LogP) is 4.29. The number of likely N-dealkylation sites (N-methyl/N-ethyl adjacent to an activating group) is 1. The molecule has 0 aromatic heterocycles. The highest BCUT2D eigenvalue weighted by atomic mass is 35.5. The fourth-order valence-electron chi connectivity index (χ4n) is 2.02. The Hall–Kier alpha value is -1.75. The summed E-state index contributed by atoms with van der Waals surface area (Å²) < 4.78 is 0. The minimum Gasteiger partial charge on any atom is -0.336 e. The van der Waals surface area contributed by atoms with E-state index < -0.39 is 0 Å². The van der Waals surface area contributed by atoms with Crippen molar-refractivity contribution in [2.24, 2.45) is 0 Å². The van der Waals surface area contributed by atoms with E-state index in [4.69, 9.17) is 34.8 Å². The van der Waals surface area contributed by atoms with Crippen LogP contribution in [0.2, 0.25) is 15.1 Å². The molecule has 1 N–H and O–H groups in total. The summed E-state index contributed by atoms with van der Waals surface area (Å²) in [4.78, 5) is 25.6. The molecule has 2 aromatic rings. The lowest BCUT2D eigenvalue weighted by Gasteiger charge is -2.17. The highest BCUT2D eigenvalue weighted by Gasteiger charge is 2.15. The Morgan fingerprint density at radius 2 is 1.75 bits per heavy atom. The van der Waals surface area contributed by atoms with Gasteiger partial charge in [-0.05, 0) is 29.8 Å². The van der Waals surface area contributed by atoms with Gasteiger partial charge in [-0.25, -0.2) is 0 Å². The van der Waals surface area contributed by atoms with Crippen molar-refractivity contribution in [3.8, 4) is 0 Å². The molecule has 0 fully saturated rings. The first-order valence-corrected chi connectivity index (χ1v) is 8.22. The first-order valence-electron chi connectivity index (χ1n) is 7.09. The van der Waals surface area contributed by atoms with E-state index >= 15 is 0 Å². The monoisotopic (exact) mass is 384 g/mol. The molecule has 0 aliphatic heterocycles. The molecule has 7 heteroatoms. The summed E-state index contributed by atoms with van der Waals surface area (Å²) >= 11 is 17.9. The number of benzene rings is 2. The van der Waals surface area contributed by atoms with E-state index in [9.17, 15) is 9.59 Å². The summed E-state index contributed by atoms with van der Waals surface area (Å²) in [6.07, 6.45) is 0.0892. The molecule has 0 aliphatic carbocycles. The summed E-state index contributed by atoms with van der Waals surface area (Å²) in [5.41, 5.74) is 1.16. The van der Waals surface area contributed by atoms with Crippen LogP contribution < -0.4 is 5.32 Å². The fourth-order valence-corrected chi connectivity index (χ4v) is 2.68. The van der Waals surface area contributed by atoms with Crippen LogP contribution in [0.1, 0.15) is 5.56 Å². The fraction of sp³-hybridized carbons (Fsp3) is 0.176. The Kier molecular flexibility index (Phi) is 6.49. The predicted molar refractivity (Wildman–Crippen MR) is 97.9 cm³/mol. The van der Waals surface area contributed by atoms with E-state index in [1.54, 1.807) is 49.5 Å². The second-order valence-electron chi connectivity index (χ2n) is 5.19. The smallest absolute Gasteiger partial charge is 0.244 e. The highest BCUT2D eigenvalue weighted by Crippen LogP contribution is 2.22. The van der Waals surface area contributed by atoms with E-state index in [0.29, 0.717) is 26.3 Å². The molecule has 24 heavy (non-hydrogen) atoms. The Labute approximate surface area is 155 Å². The average molecular weight is 386 g/mol. The number of hydrogen-bond acceptors (Lipinski definition) is 2. The number of rotatable bonds is 5. The van der Waals surface area contributed by atoms with Gasteiger partial charge in [-0.3, -0.25) is 9.59 Å². The molecule has 2 aromatic carbocycles. The molecule has 0 heterocycles. The molecule has 0 atom stereocenters. The first-order chi connectivity index (χ1) is 11.4. The van der Waals surface area contributed by atoms with Crippen molar-refractivity contribution in [2.75, 3.05) is 18.9 Å². The van der Waals surface area contributed by atoms with Crippen LogP contribution in [0.15, 0.2) is 42.5 Å². The standard InChI is InChI=1S/C17H15Cl3N2O2/c1-22(10-16(23)21-15-5-3-2-4-13(15)19)17(24)8-11-6-7-12(18)9-14(11)20/h2-7,9H,8,10H2,1H3,(H,21,23). The van der Waals surface area contributed by atoms with Gasteiger partial charge >= 0.3 is 0 Å². The number of para-hydroxylation sites is 1. The summed E-state index contributed by atoms with van der Waals surface area (Å²) in [5, 5.41) is 4.03. The number of halogens is 3. The van der Waals surface area contributed by atoms with Crippen molar-refractivity contribution in [3.63, 3.8) is 0 Å². The van der Waals surface area contributed by atoms with Crippen molar-refractivity contribution in [1.82, 2.24) is 4.90 Å². The lowest BCUT2D eigenvalue weighted by atomic mass is 10.1. The molecule has 0 aliphatic rings. The van der Waals surface area contributed by atoms with Crippen molar-refractivity contribution < 1.29 is 9.59 Å². The maximum atomic E-state index is 12.2. The third-order valence-corrected chi connectivity index (χ3v) is 4.23. The van der Waals surface area contributed by atoms with E-state index in [0.717, 1.165) is 0 Å². The van der Waals surface area contributed by atoms with Gasteiger partial charge in [-0.2, -0.15) is 0 Å². The second kappa shape index (κ2) is 8.38. The molecule has 126 valence electrons. The van der Waals surface area contributed by atoms with Gasteiger partial charge in [0.05, 0.1) is 23.7 Å². The molecular weight excluding hydrogens is 371 g/mol. The second-order valence-corrected chi connectivity index (χ2v) is 6.44. The number of nitrogens with zero attached hydrogens (tertiary/aromatic N) is 1. The Bertz CT molecular complexity index is 765. The number of hydrogen-bond donors (Lipinski definition) is 1. The molecule has 2 rings (SSSR count). The van der Waals surface area contributed by atoms with Crippen LogP contribution in [-0.4, -0.2) is 30.3 Å². The minimum absolute atomic E-state index is 0.0880. The lowest BCUT2D eigenvalue weighted by molar-refractivity contribution is -0.132. The van der Waals surface area contributed by atoms with Crippen molar-refractivity contribution >= 4 is 52.3 Å². The molecule has 0 bridgehead atoms. The number of amides is 2. The van der Waals surface area contributed by atoms with Crippen LogP contribution in [0, 0.1) is 0 Å². The van der Waals surface area contributed by atoms with Gasteiger partial charge in [0.1, 0.15) is 0 Å². The van der Waals surface area contributed by atoms with E-state index in [2.05, 4.69) is 5.32 Å². The zero-order chi connectivity index (χ0) is 17.7. The number of anilines is 1. The topological polar surface area (TPSA) is 49.4 Å². The summed E-state index contributed by atoms with van der Waals surface area (Å²) in [7, 11) is 1.55. The maximum absolute atomic E-state index is 12.2. The van der Waals surface area contributed by atoms with Gasteiger partial charge in [-0.1, -0.05) is 53.0 Å². The number of nitrogens with one attached hydrogen (secondary N) is 1. The number of carbonyl (C=O) groups excluding carboxylic acids is 2. The zero-order valence-electron chi connectivity index (χ0n) is 12.9. The van der Waals surface area contributed by atoms with E-state index in [1.165, 1.54) is 4.90 Å². The first kappa shape index (κ1) is 18.6. The van der Waals surface area contributed by atoms with Crippen LogP contribution in [0.3, 0.4) is 0 Å². The summed E-state index contributed by atoms with van der Waals surface area (Å²) in [6.45, 7) is -0.0880. The van der Waals surface area contributed by atoms with Crippen LogP contribution in [-0.2, 0) is 16.0 Å². The third kappa shape index (κ3) is 5.13. The van der Waals surface area contributed by atoms with Gasteiger partial charge in [0, 0.05) is 17.1 Å². The van der Waals surface area contributed by atoms with E-state index in [-0.39, 0.29) is 24.8 Å². The Morgan fingerprint density at radius 3 is 2.42 bits per heavy atom. The van der Waals surface area contributed by atoms with Crippen LogP contribution >= 0.6 is 34.8 Å². The third-order valence-electron chi connectivity index (χ3n) is 3.31. The zero-order valence-corrected chi connectivity index (χ0v) is 15.1. The molecule has 0 radical (unpaired) electrons. The van der Waals surface area contributed by atoms with Gasteiger partial charge in [0.25, 0.3) is 0 Å². The summed E-state index contributed by atoms with van der Waals surface area (Å²) in [5.74, 6) is -0.560. The largest absolute Gasteiger partial charge is 0.336 e. The normalized spacial score (nSPS) is 10.3.